The molecule has 0 aliphatic heterocycles. The lowest BCUT2D eigenvalue weighted by atomic mass is 10.0. The van der Waals surface area contributed by atoms with E-state index in [1.807, 2.05) is 28.7 Å². The number of hydrogen-bond acceptors (Lipinski definition) is 3. The maximum absolute atomic E-state index is 12.3. The van der Waals surface area contributed by atoms with Gasteiger partial charge in [-0.05, 0) is 41.7 Å². The second kappa shape index (κ2) is 7.45. The van der Waals surface area contributed by atoms with E-state index in [1.54, 1.807) is 11.3 Å². The number of urea groups is 1. The van der Waals surface area contributed by atoms with Gasteiger partial charge in [0.05, 0.1) is 5.92 Å². The Morgan fingerprint density at radius 2 is 2.29 bits per heavy atom. The zero-order chi connectivity index (χ0) is 15.2. The Balaban J connectivity index is 1.88. The zero-order valence-corrected chi connectivity index (χ0v) is 13.1. The van der Waals surface area contributed by atoms with Gasteiger partial charge in [0.2, 0.25) is 0 Å². The molecule has 116 valence electrons. The van der Waals surface area contributed by atoms with Gasteiger partial charge in [0.15, 0.2) is 0 Å². The van der Waals surface area contributed by atoms with E-state index < -0.39 is 11.9 Å². The van der Waals surface area contributed by atoms with Crippen LogP contribution in [0.25, 0.3) is 0 Å². The van der Waals surface area contributed by atoms with E-state index in [-0.39, 0.29) is 12.6 Å². The summed E-state index contributed by atoms with van der Waals surface area (Å²) in [4.78, 5) is 25.2. The molecule has 1 heterocycles. The van der Waals surface area contributed by atoms with Crippen molar-refractivity contribution in [1.82, 2.24) is 10.2 Å². The summed E-state index contributed by atoms with van der Waals surface area (Å²) in [7, 11) is 0. The largest absolute Gasteiger partial charge is 0.481 e. The molecular formula is C15H22N2O3S. The Morgan fingerprint density at radius 1 is 1.52 bits per heavy atom. The maximum atomic E-state index is 12.3. The van der Waals surface area contributed by atoms with Gasteiger partial charge in [-0.15, -0.1) is 0 Å². The Bertz CT molecular complexity index is 471. The van der Waals surface area contributed by atoms with E-state index >= 15 is 0 Å². The summed E-state index contributed by atoms with van der Waals surface area (Å²) < 4.78 is 0. The first-order valence-corrected chi connectivity index (χ1v) is 8.34. The van der Waals surface area contributed by atoms with Crippen molar-refractivity contribution in [2.45, 2.75) is 45.2 Å². The minimum Gasteiger partial charge on any atom is -0.481 e. The molecule has 0 saturated heterocycles. The topological polar surface area (TPSA) is 69.6 Å². The molecule has 1 aromatic rings. The highest BCUT2D eigenvalue weighted by molar-refractivity contribution is 7.07. The molecule has 1 saturated carbocycles. The molecule has 5 nitrogen and oxygen atoms in total. The lowest BCUT2D eigenvalue weighted by Crippen LogP contribution is -2.43. The molecule has 0 bridgehead atoms. The summed E-state index contributed by atoms with van der Waals surface area (Å²) in [6.07, 6.45) is 3.46. The van der Waals surface area contributed by atoms with Gasteiger partial charge in [-0.3, -0.25) is 4.79 Å². The Morgan fingerprint density at radius 3 is 2.81 bits per heavy atom. The molecule has 21 heavy (non-hydrogen) atoms. The first-order chi connectivity index (χ1) is 10.1. The van der Waals surface area contributed by atoms with Crippen molar-refractivity contribution in [2.75, 3.05) is 6.54 Å². The fraction of sp³-hybridized carbons (Fsp3) is 0.600. The molecule has 1 aromatic heterocycles. The SMILES string of the molecule is CCCC(CNC(=O)N(Cc1ccsc1)C1CC1)C(=O)O. The van der Waals surface area contributed by atoms with Gasteiger partial charge in [0.25, 0.3) is 0 Å². The number of nitrogens with zero attached hydrogens (tertiary/aromatic N) is 1. The molecule has 1 atom stereocenters. The van der Waals surface area contributed by atoms with Crippen molar-refractivity contribution in [3.05, 3.63) is 22.4 Å². The molecular weight excluding hydrogens is 288 g/mol. The summed E-state index contributed by atoms with van der Waals surface area (Å²) in [5.41, 5.74) is 1.13. The number of thiophene rings is 1. The number of nitrogens with one attached hydrogen (secondary N) is 1. The molecule has 0 spiro atoms. The number of carboxylic acid groups (broad SMARTS) is 1. The van der Waals surface area contributed by atoms with Crippen LogP contribution < -0.4 is 5.32 Å². The lowest BCUT2D eigenvalue weighted by molar-refractivity contribution is -0.141. The number of amides is 2. The predicted molar refractivity (Wildman–Crippen MR) is 82.3 cm³/mol. The van der Waals surface area contributed by atoms with Crippen molar-refractivity contribution in [3.63, 3.8) is 0 Å². The van der Waals surface area contributed by atoms with E-state index in [2.05, 4.69) is 5.32 Å². The molecule has 6 heteroatoms. The normalized spacial score (nSPS) is 15.5. The molecule has 1 aliphatic carbocycles. The number of hydrogen-bond donors (Lipinski definition) is 2. The Kier molecular flexibility index (Phi) is 5.61. The second-order valence-corrected chi connectivity index (χ2v) is 6.28. The first kappa shape index (κ1) is 15.8. The Labute approximate surface area is 129 Å². The van der Waals surface area contributed by atoms with Crippen LogP contribution in [0, 0.1) is 5.92 Å². The minimum atomic E-state index is -0.840. The molecule has 0 radical (unpaired) electrons. The summed E-state index contributed by atoms with van der Waals surface area (Å²) in [5.74, 6) is -1.34. The Hall–Kier alpha value is -1.56. The third-order valence-electron chi connectivity index (χ3n) is 3.67. The molecule has 0 aromatic carbocycles. The van der Waals surface area contributed by atoms with Crippen LogP contribution in [-0.2, 0) is 11.3 Å². The summed E-state index contributed by atoms with van der Waals surface area (Å²) >= 11 is 1.62. The van der Waals surface area contributed by atoms with Crippen molar-refractivity contribution < 1.29 is 14.7 Å². The maximum Gasteiger partial charge on any atom is 0.317 e. The van der Waals surface area contributed by atoms with Gasteiger partial charge in [0.1, 0.15) is 0 Å². The average molecular weight is 310 g/mol. The van der Waals surface area contributed by atoms with Crippen molar-refractivity contribution in [2.24, 2.45) is 5.92 Å². The van der Waals surface area contributed by atoms with E-state index in [0.29, 0.717) is 19.0 Å². The fourth-order valence-corrected chi connectivity index (χ4v) is 2.97. The molecule has 1 unspecified atom stereocenters. The molecule has 2 amide bonds. The van der Waals surface area contributed by atoms with Gasteiger partial charge >= 0.3 is 12.0 Å². The first-order valence-electron chi connectivity index (χ1n) is 7.40. The number of carboxylic acids is 1. The number of rotatable bonds is 8. The number of carbonyl (C=O) groups is 2. The minimum absolute atomic E-state index is 0.147. The summed E-state index contributed by atoms with van der Waals surface area (Å²) in [6, 6.07) is 2.18. The van der Waals surface area contributed by atoms with Crippen LogP contribution in [0.2, 0.25) is 0 Å². The monoisotopic (exact) mass is 310 g/mol. The van der Waals surface area contributed by atoms with E-state index in [0.717, 1.165) is 24.8 Å². The van der Waals surface area contributed by atoms with E-state index in [9.17, 15) is 9.59 Å². The van der Waals surface area contributed by atoms with Crippen LogP contribution in [0.15, 0.2) is 16.8 Å². The van der Waals surface area contributed by atoms with Gasteiger partial charge in [0, 0.05) is 19.1 Å². The average Bonchev–Trinajstić information content (AvgIpc) is 3.16. The second-order valence-electron chi connectivity index (χ2n) is 5.50. The third kappa shape index (κ3) is 4.74. The van der Waals surface area contributed by atoms with Crippen molar-refractivity contribution in [3.8, 4) is 0 Å². The van der Waals surface area contributed by atoms with Crippen molar-refractivity contribution >= 4 is 23.3 Å². The van der Waals surface area contributed by atoms with Crippen LogP contribution >= 0.6 is 11.3 Å². The molecule has 1 fully saturated rings. The van der Waals surface area contributed by atoms with Crippen LogP contribution in [0.5, 0.6) is 0 Å². The highest BCUT2D eigenvalue weighted by Crippen LogP contribution is 2.28. The predicted octanol–water partition coefficient (Wildman–Crippen LogP) is 2.92. The molecule has 2 N–H and O–H groups in total. The quantitative estimate of drug-likeness (QED) is 0.775. The summed E-state index contributed by atoms with van der Waals surface area (Å²) in [6.45, 7) is 2.76. The number of carbonyl (C=O) groups excluding carboxylic acids is 1. The number of aliphatic carboxylic acids is 1. The summed E-state index contributed by atoms with van der Waals surface area (Å²) in [5, 5.41) is 16.0. The van der Waals surface area contributed by atoms with Crippen LogP contribution in [0.4, 0.5) is 4.79 Å². The van der Waals surface area contributed by atoms with Crippen LogP contribution in [-0.4, -0.2) is 34.6 Å². The van der Waals surface area contributed by atoms with E-state index in [1.165, 1.54) is 0 Å². The van der Waals surface area contributed by atoms with Crippen molar-refractivity contribution in [1.29, 1.82) is 0 Å². The standard InChI is InChI=1S/C15H22N2O3S/c1-2-3-12(14(18)19)8-16-15(20)17(13-4-5-13)9-11-6-7-21-10-11/h6-7,10,12-13H,2-5,8-9H2,1H3,(H,16,20)(H,18,19). The van der Waals surface area contributed by atoms with Gasteiger partial charge in [-0.25, -0.2) is 4.79 Å². The van der Waals surface area contributed by atoms with Crippen LogP contribution in [0.1, 0.15) is 38.2 Å². The van der Waals surface area contributed by atoms with Gasteiger partial charge in [-0.1, -0.05) is 13.3 Å². The molecule has 1 aliphatic rings. The highest BCUT2D eigenvalue weighted by Gasteiger charge is 2.33. The van der Waals surface area contributed by atoms with Crippen LogP contribution in [0.3, 0.4) is 0 Å². The van der Waals surface area contributed by atoms with E-state index in [4.69, 9.17) is 5.11 Å². The lowest BCUT2D eigenvalue weighted by Gasteiger charge is -2.23. The highest BCUT2D eigenvalue weighted by atomic mass is 32.1. The fourth-order valence-electron chi connectivity index (χ4n) is 2.31. The van der Waals surface area contributed by atoms with Gasteiger partial charge < -0.3 is 15.3 Å². The zero-order valence-electron chi connectivity index (χ0n) is 12.2. The van der Waals surface area contributed by atoms with Gasteiger partial charge in [-0.2, -0.15) is 11.3 Å². The molecule has 2 rings (SSSR count). The smallest absolute Gasteiger partial charge is 0.317 e. The third-order valence-corrected chi connectivity index (χ3v) is 4.40.